The molecule has 0 radical (unpaired) electrons. The number of allylic oxidation sites excluding steroid dienone is 1. The number of halogens is 12. The number of hydrogen-bond donors (Lipinski definition) is 2. The molecule has 16 nitrogen and oxygen atoms in total. The van der Waals surface area contributed by atoms with E-state index in [4.69, 9.17) is 9.59 Å². The Kier molecular flexibility index (Phi) is 37.9. The van der Waals surface area contributed by atoms with Crippen molar-refractivity contribution in [2.45, 2.75) is 180 Å². The number of carbonyl (C=O) groups excluding carboxylic acids is 6. The smallest absolute Gasteiger partial charge is 0.422 e. The van der Waals surface area contributed by atoms with Crippen LogP contribution in [0.4, 0.5) is 52.7 Å². The van der Waals surface area contributed by atoms with E-state index >= 15 is 0 Å². The molecule has 0 aliphatic rings. The first kappa shape index (κ1) is 93.9. The van der Waals surface area contributed by atoms with Gasteiger partial charge in [0, 0.05) is 110 Å². The second kappa shape index (κ2) is 45.2. The number of hydrogen-bond acceptors (Lipinski definition) is 16. The normalized spacial score (nSPS) is 12.8. The van der Waals surface area contributed by atoms with Gasteiger partial charge in [-0.2, -0.15) is 62.3 Å². The standard InChI is InChI=1S/2C21H24F3NO3.C21H22F3NO2.C20H22F3NO2.CO2/c1-14(19-9-8-18(12-25-19)28-13-21(22,23)24)10-17(26)11-15-4-6-16(7-5-15)20(2,3)27;1-14(20-8-7-19(11-25-20)28-13-21(22,23)24)9-18(27)10-16-3-5-17(6-4-16)15(2)12-26;1-14(2)17-6-4-16(5-7-17)11-18(26)10-15(3)20-9-8-19(12-25-20)27-13-21(22,23)24;1-3-15-4-6-16(7-5-15)11-17(25)10-14(2)19-9-8-18(12-24-19)26-13-20(21,22)23;2-1-3/h4-9,12,14,27H,10-11,13H2,1-3H3;3-8,11,14-15,26H,9-10,12-13H2,1-2H3;4-9,12,15H,1,10-11,13H2,2-3H3;4-9,12,14H,3,10-11,13H2,1-2H3;/t14-;14-,15?;15-;14-;/m0000./s1. The summed E-state index contributed by atoms with van der Waals surface area (Å²) < 4.78 is 164. The number of aliphatic hydroxyl groups is 2. The lowest BCUT2D eigenvalue weighted by atomic mass is 9.94. The summed E-state index contributed by atoms with van der Waals surface area (Å²) in [6.07, 6.45) is -8.95. The fourth-order valence-electron chi connectivity index (χ4n) is 10.6. The molecule has 4 aromatic heterocycles. The van der Waals surface area contributed by atoms with Crippen LogP contribution in [0.15, 0.2) is 177 Å². The molecule has 28 heteroatoms. The number of Topliss-reactive ketones (excluding diaryl/α,β-unsaturated/α-hetero) is 4. The van der Waals surface area contributed by atoms with Crippen molar-refractivity contribution < 1.29 is 111 Å². The molecular weight excluding hydrogens is 1480 g/mol. The van der Waals surface area contributed by atoms with Gasteiger partial charge in [0.1, 0.15) is 46.1 Å². The molecule has 1 unspecified atom stereocenters. The number of carbonyl (C=O) groups is 4. The number of pyridine rings is 4. The average molecular weight is 1580 g/mol. The van der Waals surface area contributed by atoms with Crippen molar-refractivity contribution >= 4 is 34.9 Å². The quantitative estimate of drug-likeness (QED) is 0.0364. The van der Waals surface area contributed by atoms with Gasteiger partial charge in [-0.05, 0) is 120 Å². The molecule has 5 atom stereocenters. The van der Waals surface area contributed by atoms with E-state index in [9.17, 15) is 82.1 Å². The maximum atomic E-state index is 12.3. The van der Waals surface area contributed by atoms with Crippen LogP contribution < -0.4 is 18.9 Å². The molecule has 0 spiro atoms. The Hall–Kier alpha value is -10.4. The highest BCUT2D eigenvalue weighted by Gasteiger charge is 2.32. The first-order chi connectivity index (χ1) is 52.4. The number of ether oxygens (including phenoxy) is 4. The zero-order valence-electron chi connectivity index (χ0n) is 63.5. The van der Waals surface area contributed by atoms with Crippen LogP contribution in [0, 0.1) is 0 Å². The van der Waals surface area contributed by atoms with Crippen molar-refractivity contribution in [3.05, 3.63) is 244 Å². The molecule has 2 N–H and O–H groups in total. The number of aromatic nitrogens is 4. The summed E-state index contributed by atoms with van der Waals surface area (Å²) in [6, 6.07) is 42.6. The Balaban J connectivity index is 0.000000311. The Morgan fingerprint density at radius 3 is 0.857 bits per heavy atom. The monoisotopic (exact) mass is 1580 g/mol. The maximum absolute atomic E-state index is 12.3. The van der Waals surface area contributed by atoms with E-state index in [1.807, 2.05) is 126 Å². The summed E-state index contributed by atoms with van der Waals surface area (Å²) >= 11 is 0. The third kappa shape index (κ3) is 38.0. The molecule has 0 saturated carbocycles. The Morgan fingerprint density at radius 2 is 0.643 bits per heavy atom. The number of nitrogens with zero attached hydrogens (tertiary/aromatic N) is 4. The van der Waals surface area contributed by atoms with E-state index in [0.29, 0.717) is 54.9 Å². The highest BCUT2D eigenvalue weighted by atomic mass is 19.4. The third-order valence-corrected chi connectivity index (χ3v) is 16.8. The van der Waals surface area contributed by atoms with E-state index in [1.165, 1.54) is 54.6 Å². The Labute approximate surface area is 643 Å². The van der Waals surface area contributed by atoms with Crippen molar-refractivity contribution in [2.75, 3.05) is 33.0 Å². The summed E-state index contributed by atoms with van der Waals surface area (Å²) in [5, 5.41) is 19.1. The largest absolute Gasteiger partial charge is 0.483 e. The van der Waals surface area contributed by atoms with Crippen LogP contribution in [0.1, 0.15) is 185 Å². The van der Waals surface area contributed by atoms with Crippen LogP contribution in [0.5, 0.6) is 23.0 Å². The molecule has 604 valence electrons. The number of benzene rings is 4. The minimum absolute atomic E-state index is 0.0303. The predicted molar refractivity (Wildman–Crippen MR) is 396 cm³/mol. The number of rotatable bonds is 33. The van der Waals surface area contributed by atoms with Crippen molar-refractivity contribution in [1.29, 1.82) is 0 Å². The minimum Gasteiger partial charge on any atom is -0.483 e. The SMILES string of the molecule is C=C(C)c1ccc(CC(=O)C[C@H](C)c2ccc(OCC(F)(F)F)cn2)cc1.CC(CO)c1ccc(CC(=O)C[C@H](C)c2ccc(OCC(F)(F)F)cn2)cc1.CCc1ccc(CC(=O)C[C@H](C)c2ccc(OCC(F)(F)F)cn2)cc1.C[C@@H](CC(=O)Cc1ccc(C(C)(C)O)cc1)c1ccc(OCC(F)(F)F)cn1.O=C=O. The average Bonchev–Trinajstić information content (AvgIpc) is 0.851. The summed E-state index contributed by atoms with van der Waals surface area (Å²) in [5.74, 6) is -0.0891. The van der Waals surface area contributed by atoms with E-state index in [2.05, 4.69) is 52.4 Å². The molecule has 4 heterocycles. The van der Waals surface area contributed by atoms with E-state index in [0.717, 1.165) is 50.9 Å². The molecule has 0 amide bonds. The molecule has 0 fully saturated rings. The molecule has 8 aromatic rings. The topological polar surface area (TPSA) is 231 Å². The summed E-state index contributed by atoms with van der Waals surface area (Å²) in [4.78, 5) is 81.9. The third-order valence-electron chi connectivity index (χ3n) is 16.8. The summed E-state index contributed by atoms with van der Waals surface area (Å²) in [6.45, 7) is 15.3. The van der Waals surface area contributed by atoms with Crippen LogP contribution in [-0.2, 0) is 66.5 Å². The van der Waals surface area contributed by atoms with Gasteiger partial charge in [0.15, 0.2) is 26.4 Å². The van der Waals surface area contributed by atoms with Gasteiger partial charge in [0.05, 0.1) is 30.4 Å². The van der Waals surface area contributed by atoms with E-state index in [-0.39, 0.29) is 108 Å². The lowest BCUT2D eigenvalue weighted by Crippen LogP contribution is -2.19. The molecule has 8 rings (SSSR count). The van der Waals surface area contributed by atoms with Gasteiger partial charge in [0.25, 0.3) is 0 Å². The molecule has 0 aliphatic carbocycles. The van der Waals surface area contributed by atoms with Crippen LogP contribution in [0.2, 0.25) is 0 Å². The zero-order valence-corrected chi connectivity index (χ0v) is 63.5. The maximum Gasteiger partial charge on any atom is 0.422 e. The Bertz CT molecular complexity index is 4210. The number of ketones is 4. The van der Waals surface area contributed by atoms with Crippen molar-refractivity contribution in [1.82, 2.24) is 19.9 Å². The fourth-order valence-corrected chi connectivity index (χ4v) is 10.6. The fraction of sp³-hybridized carbons (Fsp3) is 0.393. The van der Waals surface area contributed by atoms with Crippen molar-refractivity contribution in [3.8, 4) is 23.0 Å². The summed E-state index contributed by atoms with van der Waals surface area (Å²) in [5.41, 5.74) is 10.3. The van der Waals surface area contributed by atoms with Crippen LogP contribution >= 0.6 is 0 Å². The van der Waals surface area contributed by atoms with Crippen LogP contribution in [0.25, 0.3) is 5.57 Å². The first-order valence-electron chi connectivity index (χ1n) is 35.5. The van der Waals surface area contributed by atoms with E-state index in [1.54, 1.807) is 50.2 Å². The number of alkyl halides is 12. The van der Waals surface area contributed by atoms with Gasteiger partial charge >= 0.3 is 30.9 Å². The van der Waals surface area contributed by atoms with Gasteiger partial charge < -0.3 is 29.2 Å². The first-order valence-corrected chi connectivity index (χ1v) is 35.5. The molecule has 4 aromatic carbocycles. The van der Waals surface area contributed by atoms with Crippen LogP contribution in [0.3, 0.4) is 0 Å². The molecule has 0 aliphatic heterocycles. The van der Waals surface area contributed by atoms with Gasteiger partial charge in [-0.3, -0.25) is 39.1 Å². The van der Waals surface area contributed by atoms with Gasteiger partial charge in [-0.1, -0.05) is 151 Å². The van der Waals surface area contributed by atoms with E-state index < -0.39 is 56.7 Å². The zero-order chi connectivity index (χ0) is 83.6. The van der Waals surface area contributed by atoms with Gasteiger partial charge in [0.2, 0.25) is 0 Å². The highest BCUT2D eigenvalue weighted by Crippen LogP contribution is 2.29. The molecule has 0 bridgehead atoms. The van der Waals surface area contributed by atoms with Crippen molar-refractivity contribution in [2.24, 2.45) is 0 Å². The Morgan fingerprint density at radius 1 is 0.402 bits per heavy atom. The second-order valence-corrected chi connectivity index (χ2v) is 27.4. The lowest BCUT2D eigenvalue weighted by molar-refractivity contribution is -0.192. The minimum atomic E-state index is -4.40. The van der Waals surface area contributed by atoms with Crippen molar-refractivity contribution in [3.63, 3.8) is 0 Å². The van der Waals surface area contributed by atoms with Crippen LogP contribution in [-0.4, -0.2) is 117 Å². The second-order valence-electron chi connectivity index (χ2n) is 27.4. The lowest BCUT2D eigenvalue weighted by Gasteiger charge is -2.18. The molecule has 0 saturated heterocycles. The number of aryl methyl sites for hydroxylation is 1. The van der Waals surface area contributed by atoms with Gasteiger partial charge in [-0.15, -0.1) is 0 Å². The van der Waals surface area contributed by atoms with Gasteiger partial charge in [-0.25, -0.2) is 0 Å². The summed E-state index contributed by atoms with van der Waals surface area (Å²) in [7, 11) is 0. The number of aliphatic hydroxyl groups excluding tert-OH is 1. The highest BCUT2D eigenvalue weighted by molar-refractivity contribution is 5.83. The predicted octanol–water partition coefficient (Wildman–Crippen LogP) is 18.6. The molecule has 112 heavy (non-hydrogen) atoms. The molecular formula is C84H92F12N4O12.